The van der Waals surface area contributed by atoms with Crippen LogP contribution in [-0.2, 0) is 13.5 Å². The highest BCUT2D eigenvalue weighted by molar-refractivity contribution is 6.18. The van der Waals surface area contributed by atoms with Gasteiger partial charge in [0.15, 0.2) is 0 Å². The molecular weight excluding hydrogens is 194 g/mol. The number of halogens is 1. The van der Waals surface area contributed by atoms with Crippen LogP contribution in [0.2, 0.25) is 0 Å². The molecule has 0 unspecified atom stereocenters. The summed E-state index contributed by atoms with van der Waals surface area (Å²) in [5.74, 6) is 0.692. The summed E-state index contributed by atoms with van der Waals surface area (Å²) in [6.45, 7) is 2.13. The van der Waals surface area contributed by atoms with Crippen molar-refractivity contribution in [2.24, 2.45) is 7.05 Å². The summed E-state index contributed by atoms with van der Waals surface area (Å²) in [5.41, 5.74) is 3.90. The Morgan fingerprint density at radius 2 is 2.07 bits per heavy atom. The first-order valence-electron chi connectivity index (χ1n) is 4.83. The lowest BCUT2D eigenvalue weighted by molar-refractivity contribution is 0.918. The zero-order valence-corrected chi connectivity index (χ0v) is 9.30. The molecular formula is C12H14ClN. The maximum Gasteiger partial charge on any atom is 0.0479 e. The molecule has 0 atom stereocenters. The summed E-state index contributed by atoms with van der Waals surface area (Å²) in [6.07, 6.45) is 0.950. The molecule has 0 aliphatic heterocycles. The lowest BCUT2D eigenvalue weighted by atomic mass is 10.1. The van der Waals surface area contributed by atoms with E-state index in [1.807, 2.05) is 0 Å². The molecule has 74 valence electrons. The van der Waals surface area contributed by atoms with E-state index < -0.39 is 0 Å². The van der Waals surface area contributed by atoms with Crippen LogP contribution in [0.3, 0.4) is 0 Å². The number of nitrogens with zero attached hydrogens (tertiary/aromatic N) is 1. The van der Waals surface area contributed by atoms with E-state index in [-0.39, 0.29) is 0 Å². The van der Waals surface area contributed by atoms with Crippen LogP contribution >= 0.6 is 11.6 Å². The van der Waals surface area contributed by atoms with Crippen molar-refractivity contribution in [2.45, 2.75) is 13.3 Å². The molecule has 0 radical (unpaired) electrons. The molecule has 2 rings (SSSR count). The van der Waals surface area contributed by atoms with Gasteiger partial charge in [-0.2, -0.15) is 0 Å². The van der Waals surface area contributed by atoms with Crippen LogP contribution in [-0.4, -0.2) is 10.4 Å². The first kappa shape index (κ1) is 9.60. The molecule has 0 aliphatic rings. The van der Waals surface area contributed by atoms with Crippen molar-refractivity contribution < 1.29 is 0 Å². The Labute approximate surface area is 89.3 Å². The van der Waals surface area contributed by atoms with Gasteiger partial charge in [-0.25, -0.2) is 0 Å². The van der Waals surface area contributed by atoms with E-state index in [1.165, 1.54) is 22.2 Å². The molecule has 1 nitrogen and oxygen atoms in total. The molecule has 0 saturated carbocycles. The molecule has 0 fully saturated rings. The predicted octanol–water partition coefficient (Wildman–Crippen LogP) is 3.27. The molecule has 0 spiro atoms. The van der Waals surface area contributed by atoms with Crippen molar-refractivity contribution in [1.29, 1.82) is 0 Å². The van der Waals surface area contributed by atoms with Gasteiger partial charge < -0.3 is 4.57 Å². The maximum atomic E-state index is 5.72. The van der Waals surface area contributed by atoms with Crippen LogP contribution < -0.4 is 0 Å². The van der Waals surface area contributed by atoms with E-state index in [0.717, 1.165) is 6.42 Å². The third-order valence-corrected chi connectivity index (χ3v) is 2.92. The summed E-state index contributed by atoms with van der Waals surface area (Å²) in [7, 11) is 2.10. The predicted molar refractivity (Wildman–Crippen MR) is 62.1 cm³/mol. The number of alkyl halides is 1. The minimum absolute atomic E-state index is 0.692. The molecule has 0 saturated heterocycles. The zero-order valence-electron chi connectivity index (χ0n) is 8.55. The van der Waals surface area contributed by atoms with Crippen molar-refractivity contribution in [3.8, 4) is 0 Å². The van der Waals surface area contributed by atoms with Crippen LogP contribution in [0, 0.1) is 6.92 Å². The minimum Gasteiger partial charge on any atom is -0.348 e. The molecule has 1 aromatic carbocycles. The minimum atomic E-state index is 0.692. The molecule has 2 heteroatoms. The summed E-state index contributed by atoms with van der Waals surface area (Å²) >= 11 is 5.72. The van der Waals surface area contributed by atoms with Gasteiger partial charge in [0, 0.05) is 29.5 Å². The number of aromatic nitrogens is 1. The Hall–Kier alpha value is -0.950. The fourth-order valence-electron chi connectivity index (χ4n) is 1.80. The molecule has 0 amide bonds. The summed E-state index contributed by atoms with van der Waals surface area (Å²) in [5, 5.41) is 1.31. The average molecular weight is 208 g/mol. The van der Waals surface area contributed by atoms with E-state index in [4.69, 9.17) is 11.6 Å². The second kappa shape index (κ2) is 3.66. The van der Waals surface area contributed by atoms with Gasteiger partial charge in [-0.1, -0.05) is 6.07 Å². The number of benzene rings is 1. The van der Waals surface area contributed by atoms with Gasteiger partial charge in [-0.05, 0) is 37.1 Å². The highest BCUT2D eigenvalue weighted by Gasteiger charge is 2.02. The molecule has 1 aromatic heterocycles. The van der Waals surface area contributed by atoms with Crippen molar-refractivity contribution in [1.82, 2.24) is 4.57 Å². The molecule has 1 heterocycles. The van der Waals surface area contributed by atoms with Gasteiger partial charge in [0.1, 0.15) is 0 Å². The Morgan fingerprint density at radius 3 is 2.79 bits per heavy atom. The van der Waals surface area contributed by atoms with Crippen molar-refractivity contribution >= 4 is 22.5 Å². The summed E-state index contributed by atoms with van der Waals surface area (Å²) in [4.78, 5) is 0. The first-order chi connectivity index (χ1) is 6.72. The SMILES string of the molecule is Cc1cc2cc(CCCl)ccc2n1C. The Kier molecular flexibility index (Phi) is 2.51. The maximum absolute atomic E-state index is 5.72. The Balaban J connectivity index is 2.56. The number of hydrogen-bond acceptors (Lipinski definition) is 0. The van der Waals surface area contributed by atoms with E-state index in [9.17, 15) is 0 Å². The van der Waals surface area contributed by atoms with Crippen LogP contribution in [0.15, 0.2) is 24.3 Å². The van der Waals surface area contributed by atoms with Crippen LogP contribution in [0.5, 0.6) is 0 Å². The van der Waals surface area contributed by atoms with Gasteiger partial charge >= 0.3 is 0 Å². The molecule has 2 aromatic rings. The number of aryl methyl sites for hydroxylation is 3. The Bertz CT molecular complexity index is 457. The number of hydrogen-bond donors (Lipinski definition) is 0. The van der Waals surface area contributed by atoms with Gasteiger partial charge in [0.05, 0.1) is 0 Å². The second-order valence-corrected chi connectivity index (χ2v) is 4.05. The van der Waals surface area contributed by atoms with Crippen LogP contribution in [0.25, 0.3) is 10.9 Å². The van der Waals surface area contributed by atoms with Gasteiger partial charge in [-0.15, -0.1) is 11.6 Å². The number of fused-ring (bicyclic) bond motifs is 1. The van der Waals surface area contributed by atoms with E-state index in [1.54, 1.807) is 0 Å². The normalized spacial score (nSPS) is 11.1. The smallest absolute Gasteiger partial charge is 0.0479 e. The summed E-state index contributed by atoms with van der Waals surface area (Å²) in [6, 6.07) is 8.77. The van der Waals surface area contributed by atoms with Gasteiger partial charge in [-0.3, -0.25) is 0 Å². The second-order valence-electron chi connectivity index (χ2n) is 3.68. The van der Waals surface area contributed by atoms with E-state index in [0.29, 0.717) is 5.88 Å². The molecule has 14 heavy (non-hydrogen) atoms. The quantitative estimate of drug-likeness (QED) is 0.667. The largest absolute Gasteiger partial charge is 0.348 e. The van der Waals surface area contributed by atoms with Crippen molar-refractivity contribution in [2.75, 3.05) is 5.88 Å². The zero-order chi connectivity index (χ0) is 10.1. The van der Waals surface area contributed by atoms with Gasteiger partial charge in [0.25, 0.3) is 0 Å². The average Bonchev–Trinajstić information content (AvgIpc) is 2.43. The van der Waals surface area contributed by atoms with E-state index >= 15 is 0 Å². The lowest BCUT2D eigenvalue weighted by Gasteiger charge is -2.00. The molecule has 0 aliphatic carbocycles. The van der Waals surface area contributed by atoms with Crippen molar-refractivity contribution in [3.05, 3.63) is 35.5 Å². The summed E-state index contributed by atoms with van der Waals surface area (Å²) < 4.78 is 2.21. The topological polar surface area (TPSA) is 4.93 Å². The third kappa shape index (κ3) is 1.53. The third-order valence-electron chi connectivity index (χ3n) is 2.73. The molecule has 0 bridgehead atoms. The molecule has 0 N–H and O–H groups in total. The van der Waals surface area contributed by atoms with Gasteiger partial charge in [0.2, 0.25) is 0 Å². The van der Waals surface area contributed by atoms with Crippen molar-refractivity contribution in [3.63, 3.8) is 0 Å². The number of rotatable bonds is 2. The fraction of sp³-hybridized carbons (Fsp3) is 0.333. The highest BCUT2D eigenvalue weighted by atomic mass is 35.5. The highest BCUT2D eigenvalue weighted by Crippen LogP contribution is 2.20. The first-order valence-corrected chi connectivity index (χ1v) is 5.37. The Morgan fingerprint density at radius 1 is 1.29 bits per heavy atom. The standard InChI is InChI=1S/C12H14ClN/c1-9-7-11-8-10(5-6-13)3-4-12(11)14(9)2/h3-4,7-8H,5-6H2,1-2H3. The van der Waals surface area contributed by atoms with E-state index in [2.05, 4.69) is 42.8 Å². The van der Waals surface area contributed by atoms with Crippen LogP contribution in [0.1, 0.15) is 11.3 Å². The fourth-order valence-corrected chi connectivity index (χ4v) is 2.02. The van der Waals surface area contributed by atoms with Crippen LogP contribution in [0.4, 0.5) is 0 Å². The lowest BCUT2D eigenvalue weighted by Crippen LogP contribution is -1.90. The monoisotopic (exact) mass is 207 g/mol.